The number of rotatable bonds is 7. The second-order valence-electron chi connectivity index (χ2n) is 12.1. The number of alkyl halides is 3. The topological polar surface area (TPSA) is 119 Å². The van der Waals surface area contributed by atoms with Gasteiger partial charge in [-0.2, -0.15) is 8.78 Å². The first kappa shape index (κ1) is 30.4. The van der Waals surface area contributed by atoms with Crippen molar-refractivity contribution in [3.63, 3.8) is 0 Å². The van der Waals surface area contributed by atoms with Crippen LogP contribution in [0.2, 0.25) is 0 Å². The van der Waals surface area contributed by atoms with Crippen molar-refractivity contribution in [2.75, 3.05) is 24.1 Å². The third-order valence-corrected chi connectivity index (χ3v) is 9.55. The van der Waals surface area contributed by atoms with Crippen molar-refractivity contribution in [2.45, 2.75) is 49.4 Å². The lowest BCUT2D eigenvalue weighted by molar-refractivity contribution is -0.141. The van der Waals surface area contributed by atoms with Crippen LogP contribution in [0.4, 0.5) is 20.4 Å². The summed E-state index contributed by atoms with van der Waals surface area (Å²) in [6, 6.07) is 9.19. The van der Waals surface area contributed by atoms with Crippen molar-refractivity contribution >= 4 is 51.6 Å². The van der Waals surface area contributed by atoms with Gasteiger partial charge in [-0.15, -0.1) is 0 Å². The highest BCUT2D eigenvalue weighted by Gasteiger charge is 2.39. The number of anilines is 2. The molecule has 2 aliphatic rings. The van der Waals surface area contributed by atoms with E-state index in [9.17, 15) is 18.4 Å². The summed E-state index contributed by atoms with van der Waals surface area (Å²) in [7, 11) is 0. The maximum absolute atomic E-state index is 13.7. The first-order valence-corrected chi connectivity index (χ1v) is 15.9. The number of imidazole rings is 1. The molecule has 1 saturated carbocycles. The highest BCUT2D eigenvalue weighted by atomic mass is 127. The number of pyridine rings is 1. The minimum Gasteiger partial charge on any atom is -0.382 e. The minimum atomic E-state index is -3.08. The number of hydrogen-bond acceptors (Lipinski definition) is 6. The zero-order valence-corrected chi connectivity index (χ0v) is 26.7. The number of amides is 2. The number of nitrogens with zero attached hydrogens (tertiary/aromatic N) is 5. The lowest BCUT2D eigenvalue weighted by Gasteiger charge is -2.41. The number of piperidine rings is 1. The highest BCUT2D eigenvalue weighted by molar-refractivity contribution is 14.1. The van der Waals surface area contributed by atoms with E-state index in [1.54, 1.807) is 30.5 Å². The number of aromatic nitrogens is 4. The molecule has 230 valence electrons. The maximum Gasteiger partial charge on any atom is 0.321 e. The largest absolute Gasteiger partial charge is 0.382 e. The standard InChI is InChI=1S/C32H34F2IN7O2/c1-18(2)22-14-23(15-22)31(44)41-12-3-4-21(17-41)29-40-26(27-28(36)38-11-13-42(27)29)19-5-7-20(8-6-19)30(43)39-25-16-24(9-10-37-25)32(33,34)35/h5-11,13,16,18,21-23H,3-4,12,14-15,17H2,1-2H3,(H2,36,38)(H,37,39,43)/t21-,22?,23?/m1/s1. The summed E-state index contributed by atoms with van der Waals surface area (Å²) in [5.74, 6) is 2.38. The number of benzene rings is 1. The number of fused-ring (bicyclic) bond motifs is 1. The van der Waals surface area contributed by atoms with Crippen LogP contribution in [-0.4, -0.2) is 49.2 Å². The molecule has 2 fully saturated rings. The van der Waals surface area contributed by atoms with Crippen LogP contribution in [0.25, 0.3) is 16.8 Å². The van der Waals surface area contributed by atoms with Crippen LogP contribution in [0.1, 0.15) is 67.2 Å². The Balaban J connectivity index is 1.22. The van der Waals surface area contributed by atoms with Gasteiger partial charge in [0.25, 0.3) is 5.91 Å². The number of likely N-dealkylation sites (tertiary alicyclic amines) is 1. The Hall–Kier alpha value is -3.68. The van der Waals surface area contributed by atoms with E-state index in [1.165, 1.54) is 12.3 Å². The Bertz CT molecular complexity index is 1700. The van der Waals surface area contributed by atoms with Gasteiger partial charge < -0.3 is 16.0 Å². The van der Waals surface area contributed by atoms with E-state index in [0.717, 1.165) is 72.3 Å². The zero-order valence-electron chi connectivity index (χ0n) is 24.5. The molecule has 0 radical (unpaired) electrons. The van der Waals surface area contributed by atoms with E-state index in [4.69, 9.17) is 10.7 Å². The van der Waals surface area contributed by atoms with E-state index in [-0.39, 0.29) is 29.1 Å². The molecule has 1 aliphatic carbocycles. The molecule has 2 amide bonds. The summed E-state index contributed by atoms with van der Waals surface area (Å²) in [4.78, 5) is 41.6. The van der Waals surface area contributed by atoms with Gasteiger partial charge >= 0.3 is 3.93 Å². The first-order valence-electron chi connectivity index (χ1n) is 14.9. The predicted octanol–water partition coefficient (Wildman–Crippen LogP) is 6.50. The molecule has 1 aromatic carbocycles. The van der Waals surface area contributed by atoms with Gasteiger partial charge in [0, 0.05) is 82.8 Å². The molecule has 4 aromatic rings. The molecule has 3 N–H and O–H groups in total. The molecular weight excluding hydrogens is 679 g/mol. The van der Waals surface area contributed by atoms with Gasteiger partial charge in [-0.3, -0.25) is 14.0 Å². The second kappa shape index (κ2) is 12.0. The van der Waals surface area contributed by atoms with E-state index < -0.39 is 9.84 Å². The quantitative estimate of drug-likeness (QED) is 0.167. The maximum atomic E-state index is 13.7. The fourth-order valence-electron chi connectivity index (χ4n) is 6.27. The number of halogens is 3. The van der Waals surface area contributed by atoms with Crippen molar-refractivity contribution in [3.8, 4) is 11.3 Å². The van der Waals surface area contributed by atoms with Crippen LogP contribution in [-0.2, 0) is 8.72 Å². The van der Waals surface area contributed by atoms with Crippen LogP contribution in [0, 0.1) is 17.8 Å². The van der Waals surface area contributed by atoms with Gasteiger partial charge in [-0.1, -0.05) is 26.0 Å². The van der Waals surface area contributed by atoms with Gasteiger partial charge in [0.15, 0.2) is 0 Å². The van der Waals surface area contributed by atoms with Crippen molar-refractivity contribution in [3.05, 3.63) is 71.9 Å². The Labute approximate surface area is 267 Å². The van der Waals surface area contributed by atoms with Crippen LogP contribution in [0.3, 0.4) is 0 Å². The normalized spacial score (nSPS) is 20.5. The van der Waals surface area contributed by atoms with Crippen molar-refractivity contribution in [2.24, 2.45) is 17.8 Å². The summed E-state index contributed by atoms with van der Waals surface area (Å²) in [5.41, 5.74) is 8.49. The third kappa shape index (κ3) is 6.00. The molecule has 6 rings (SSSR count). The molecule has 12 heteroatoms. The fraction of sp³-hybridized carbons (Fsp3) is 0.406. The molecule has 44 heavy (non-hydrogen) atoms. The van der Waals surface area contributed by atoms with E-state index >= 15 is 0 Å². The molecule has 0 unspecified atom stereocenters. The zero-order chi connectivity index (χ0) is 31.2. The molecule has 4 heterocycles. The molecule has 9 nitrogen and oxygen atoms in total. The number of carbonyl (C=O) groups is 2. The van der Waals surface area contributed by atoms with Gasteiger partial charge in [-0.25, -0.2) is 15.0 Å². The average Bonchev–Trinajstić information content (AvgIpc) is 3.37. The van der Waals surface area contributed by atoms with Crippen LogP contribution in [0.5, 0.6) is 0 Å². The summed E-state index contributed by atoms with van der Waals surface area (Å²) in [5, 5.41) is 2.58. The average molecular weight is 714 g/mol. The SMILES string of the molecule is CC(C)C1CC(C(=O)N2CCC[C@@H](c3nc(-c4ccc(C(=O)Nc5cc(C(F)(F)I)ccn5)cc4)c4c(N)nccn34)C2)C1. The Kier molecular flexibility index (Phi) is 8.29. The number of nitrogens with two attached hydrogens (primary N) is 1. The number of hydrogen-bond donors (Lipinski definition) is 2. The van der Waals surface area contributed by atoms with Crippen LogP contribution in [0.15, 0.2) is 55.0 Å². The Morgan fingerprint density at radius 2 is 1.86 bits per heavy atom. The molecule has 0 spiro atoms. The first-order chi connectivity index (χ1) is 21.0. The number of carbonyl (C=O) groups excluding carboxylic acids is 2. The monoisotopic (exact) mass is 713 g/mol. The summed E-state index contributed by atoms with van der Waals surface area (Å²) >= 11 is 1.04. The van der Waals surface area contributed by atoms with Crippen molar-refractivity contribution in [1.29, 1.82) is 0 Å². The summed E-state index contributed by atoms with van der Waals surface area (Å²) < 4.78 is 26.3. The lowest BCUT2D eigenvalue weighted by atomic mass is 9.69. The number of nitrogen functional groups attached to an aromatic ring is 1. The Morgan fingerprint density at radius 1 is 1.11 bits per heavy atom. The fourth-order valence-corrected chi connectivity index (χ4v) is 6.61. The molecule has 1 atom stereocenters. The summed E-state index contributed by atoms with van der Waals surface area (Å²) in [6.45, 7) is 5.82. The molecule has 1 saturated heterocycles. The smallest absolute Gasteiger partial charge is 0.321 e. The highest BCUT2D eigenvalue weighted by Crippen LogP contribution is 2.41. The second-order valence-corrected chi connectivity index (χ2v) is 13.5. The number of nitrogens with one attached hydrogen (secondary N) is 1. The minimum absolute atomic E-state index is 0.0357. The van der Waals surface area contributed by atoms with E-state index in [0.29, 0.717) is 41.0 Å². The molecule has 3 aromatic heterocycles. The van der Waals surface area contributed by atoms with E-state index in [1.807, 2.05) is 15.5 Å². The van der Waals surface area contributed by atoms with Gasteiger partial charge in [0.1, 0.15) is 28.7 Å². The molecule has 0 bridgehead atoms. The van der Waals surface area contributed by atoms with Gasteiger partial charge in [-0.05, 0) is 61.8 Å². The Morgan fingerprint density at radius 3 is 2.57 bits per heavy atom. The van der Waals surface area contributed by atoms with Gasteiger partial charge in [0.05, 0.1) is 0 Å². The third-order valence-electron chi connectivity index (χ3n) is 8.92. The van der Waals surface area contributed by atoms with Gasteiger partial charge in [0.2, 0.25) is 5.91 Å². The molecular formula is C32H34F2IN7O2. The predicted molar refractivity (Wildman–Crippen MR) is 173 cm³/mol. The summed E-state index contributed by atoms with van der Waals surface area (Å²) in [6.07, 6.45) is 8.48. The van der Waals surface area contributed by atoms with Crippen LogP contribution >= 0.6 is 22.6 Å². The van der Waals surface area contributed by atoms with E-state index in [2.05, 4.69) is 29.1 Å². The van der Waals surface area contributed by atoms with Crippen molar-refractivity contribution < 1.29 is 18.4 Å². The lowest BCUT2D eigenvalue weighted by Crippen LogP contribution is -2.46. The molecule has 1 aliphatic heterocycles. The van der Waals surface area contributed by atoms with Crippen molar-refractivity contribution in [1.82, 2.24) is 24.3 Å². The van der Waals surface area contributed by atoms with Crippen LogP contribution < -0.4 is 11.1 Å².